The number of hydrogen-bond acceptors (Lipinski definition) is 4. The number of carbonyl (C=O) groups is 1. The van der Waals surface area contributed by atoms with Gasteiger partial charge >= 0.3 is 0 Å². The number of amides is 1. The zero-order valence-electron chi connectivity index (χ0n) is 12.0. The lowest BCUT2D eigenvalue weighted by Crippen LogP contribution is -2.37. The quantitative estimate of drug-likeness (QED) is 0.851. The van der Waals surface area contributed by atoms with E-state index in [0.717, 1.165) is 50.3 Å². The lowest BCUT2D eigenvalue weighted by Gasteiger charge is -2.20. The topological polar surface area (TPSA) is 85.8 Å². The van der Waals surface area contributed by atoms with Gasteiger partial charge in [0, 0.05) is 18.9 Å². The molecule has 0 spiro atoms. The highest BCUT2D eigenvalue weighted by atomic mass is 16.2. The minimum atomic E-state index is -0.0825. The molecular formula is C14H23N5O. The van der Waals surface area contributed by atoms with Gasteiger partial charge in [0.1, 0.15) is 5.82 Å². The van der Waals surface area contributed by atoms with Gasteiger partial charge in [0.05, 0.1) is 6.04 Å². The van der Waals surface area contributed by atoms with Gasteiger partial charge in [-0.3, -0.25) is 4.79 Å². The van der Waals surface area contributed by atoms with Crippen molar-refractivity contribution >= 4 is 5.91 Å². The van der Waals surface area contributed by atoms with Gasteiger partial charge in [0.25, 0.3) is 0 Å². The van der Waals surface area contributed by atoms with Crippen molar-refractivity contribution in [1.82, 2.24) is 20.1 Å². The van der Waals surface area contributed by atoms with Crippen LogP contribution in [-0.2, 0) is 17.8 Å². The van der Waals surface area contributed by atoms with Crippen LogP contribution in [0.1, 0.15) is 50.3 Å². The lowest BCUT2D eigenvalue weighted by molar-refractivity contribution is -0.126. The fourth-order valence-electron chi connectivity index (χ4n) is 3.54. The van der Waals surface area contributed by atoms with Crippen LogP contribution in [0.25, 0.3) is 0 Å². The largest absolute Gasteiger partial charge is 0.346 e. The summed E-state index contributed by atoms with van der Waals surface area (Å²) in [4.78, 5) is 12.4. The van der Waals surface area contributed by atoms with E-state index in [1.165, 1.54) is 0 Å². The maximum absolute atomic E-state index is 12.4. The molecule has 3 atom stereocenters. The molecule has 0 bridgehead atoms. The first-order valence-corrected chi connectivity index (χ1v) is 7.63. The summed E-state index contributed by atoms with van der Waals surface area (Å²) < 4.78 is 2.14. The molecule has 20 heavy (non-hydrogen) atoms. The summed E-state index contributed by atoms with van der Waals surface area (Å²) in [5.41, 5.74) is 5.75. The zero-order valence-corrected chi connectivity index (χ0v) is 12.0. The van der Waals surface area contributed by atoms with Crippen LogP contribution in [-0.4, -0.2) is 27.2 Å². The van der Waals surface area contributed by atoms with E-state index in [1.54, 1.807) is 0 Å². The fraction of sp³-hybridized carbons (Fsp3) is 0.786. The number of nitrogens with two attached hydrogens (primary N) is 1. The van der Waals surface area contributed by atoms with Crippen molar-refractivity contribution in [2.75, 3.05) is 6.54 Å². The maximum atomic E-state index is 12.4. The van der Waals surface area contributed by atoms with Gasteiger partial charge in [0.15, 0.2) is 5.82 Å². The number of hydrogen-bond donors (Lipinski definition) is 2. The molecule has 0 saturated heterocycles. The summed E-state index contributed by atoms with van der Waals surface area (Å²) in [6.07, 6.45) is 5.25. The van der Waals surface area contributed by atoms with Crippen molar-refractivity contribution in [2.45, 2.75) is 51.6 Å². The molecule has 1 amide bonds. The number of nitrogens with zero attached hydrogens (tertiary/aromatic N) is 3. The van der Waals surface area contributed by atoms with E-state index in [4.69, 9.17) is 5.73 Å². The monoisotopic (exact) mass is 277 g/mol. The van der Waals surface area contributed by atoms with Crippen LogP contribution < -0.4 is 11.1 Å². The van der Waals surface area contributed by atoms with Crippen LogP contribution in [0.5, 0.6) is 0 Å². The Hall–Kier alpha value is -1.43. The highest BCUT2D eigenvalue weighted by Gasteiger charge is 2.33. The number of nitrogens with one attached hydrogen (secondary N) is 1. The van der Waals surface area contributed by atoms with Crippen LogP contribution >= 0.6 is 0 Å². The van der Waals surface area contributed by atoms with Crippen molar-refractivity contribution in [3.05, 3.63) is 11.6 Å². The van der Waals surface area contributed by atoms with E-state index in [2.05, 4.69) is 20.1 Å². The zero-order chi connectivity index (χ0) is 14.1. The molecule has 1 fully saturated rings. The molecule has 0 radical (unpaired) electrons. The Morgan fingerprint density at radius 2 is 2.30 bits per heavy atom. The highest BCUT2D eigenvalue weighted by Crippen LogP contribution is 2.31. The van der Waals surface area contributed by atoms with Crippen LogP contribution in [0.2, 0.25) is 0 Å². The van der Waals surface area contributed by atoms with Crippen LogP contribution in [0.15, 0.2) is 0 Å². The minimum Gasteiger partial charge on any atom is -0.346 e. The third-order valence-corrected chi connectivity index (χ3v) is 4.68. The molecule has 1 saturated carbocycles. The average Bonchev–Trinajstić information content (AvgIpc) is 3.13. The number of aryl methyl sites for hydroxylation is 1. The van der Waals surface area contributed by atoms with Crippen molar-refractivity contribution in [3.63, 3.8) is 0 Å². The first-order chi connectivity index (χ1) is 9.70. The van der Waals surface area contributed by atoms with Crippen molar-refractivity contribution in [2.24, 2.45) is 17.6 Å². The van der Waals surface area contributed by atoms with Crippen molar-refractivity contribution in [1.29, 1.82) is 0 Å². The molecule has 6 nitrogen and oxygen atoms in total. The first kappa shape index (κ1) is 13.5. The van der Waals surface area contributed by atoms with Crippen LogP contribution in [0.4, 0.5) is 0 Å². The van der Waals surface area contributed by atoms with E-state index < -0.39 is 0 Å². The summed E-state index contributed by atoms with van der Waals surface area (Å²) in [6, 6.07) is -0.0825. The normalized spacial score (nSPS) is 26.5. The Labute approximate surface area is 119 Å². The Balaban J connectivity index is 1.66. The second kappa shape index (κ2) is 5.52. The lowest BCUT2D eigenvalue weighted by atomic mass is 9.95. The average molecular weight is 277 g/mol. The molecular weight excluding hydrogens is 254 g/mol. The Bertz CT molecular complexity index is 498. The van der Waals surface area contributed by atoms with Crippen molar-refractivity contribution < 1.29 is 4.79 Å². The standard InChI is InChI=1S/C14H23N5O/c1-9(13-18-17-12-6-3-7-19(12)13)16-14(20)11-5-2-4-10(11)8-15/h9-11H,2-8,15H2,1H3,(H,16,20)/t9?,10-,11-/m1/s1. The van der Waals surface area contributed by atoms with Gasteiger partial charge in [0.2, 0.25) is 5.91 Å². The molecule has 3 rings (SSSR count). The molecule has 6 heteroatoms. The van der Waals surface area contributed by atoms with Gasteiger partial charge in [-0.15, -0.1) is 10.2 Å². The smallest absolute Gasteiger partial charge is 0.224 e. The van der Waals surface area contributed by atoms with Crippen LogP contribution in [0, 0.1) is 11.8 Å². The minimum absolute atomic E-state index is 0.0726. The molecule has 1 aliphatic heterocycles. The van der Waals surface area contributed by atoms with E-state index in [-0.39, 0.29) is 17.9 Å². The van der Waals surface area contributed by atoms with E-state index in [9.17, 15) is 4.79 Å². The fourth-order valence-corrected chi connectivity index (χ4v) is 3.54. The molecule has 1 aromatic heterocycles. The van der Waals surface area contributed by atoms with Gasteiger partial charge in [-0.25, -0.2) is 0 Å². The van der Waals surface area contributed by atoms with Crippen molar-refractivity contribution in [3.8, 4) is 0 Å². The van der Waals surface area contributed by atoms with Gasteiger partial charge in [-0.1, -0.05) is 6.42 Å². The Morgan fingerprint density at radius 3 is 3.10 bits per heavy atom. The number of fused-ring (bicyclic) bond motifs is 1. The van der Waals surface area contributed by atoms with Gasteiger partial charge in [-0.2, -0.15) is 0 Å². The third-order valence-electron chi connectivity index (χ3n) is 4.68. The van der Waals surface area contributed by atoms with E-state index in [0.29, 0.717) is 12.5 Å². The summed E-state index contributed by atoms with van der Waals surface area (Å²) in [5.74, 6) is 2.46. The molecule has 1 unspecified atom stereocenters. The first-order valence-electron chi connectivity index (χ1n) is 7.63. The molecule has 110 valence electrons. The number of carbonyl (C=O) groups excluding carboxylic acids is 1. The summed E-state index contributed by atoms with van der Waals surface area (Å²) in [5, 5.41) is 11.5. The second-order valence-corrected chi connectivity index (χ2v) is 5.99. The number of aromatic nitrogens is 3. The molecule has 2 aliphatic rings. The SMILES string of the molecule is CC(NC(=O)[C@@H]1CCC[C@@H]1CN)c1nnc2n1CCC2. The van der Waals surface area contributed by atoms with Gasteiger partial charge < -0.3 is 15.6 Å². The predicted molar refractivity (Wildman–Crippen MR) is 74.8 cm³/mol. The molecule has 1 aromatic rings. The molecule has 1 aliphatic carbocycles. The van der Waals surface area contributed by atoms with Crippen LogP contribution in [0.3, 0.4) is 0 Å². The maximum Gasteiger partial charge on any atom is 0.224 e. The molecule has 3 N–H and O–H groups in total. The highest BCUT2D eigenvalue weighted by molar-refractivity contribution is 5.79. The summed E-state index contributed by atoms with van der Waals surface area (Å²) >= 11 is 0. The summed E-state index contributed by atoms with van der Waals surface area (Å²) in [7, 11) is 0. The Kier molecular flexibility index (Phi) is 3.74. The molecule has 2 heterocycles. The third kappa shape index (κ3) is 2.32. The second-order valence-electron chi connectivity index (χ2n) is 5.99. The Morgan fingerprint density at radius 1 is 1.45 bits per heavy atom. The molecule has 0 aromatic carbocycles. The summed E-state index contributed by atoms with van der Waals surface area (Å²) in [6.45, 7) is 3.56. The van der Waals surface area contributed by atoms with E-state index in [1.807, 2.05) is 6.92 Å². The number of rotatable bonds is 4. The van der Waals surface area contributed by atoms with Gasteiger partial charge in [-0.05, 0) is 38.6 Å². The predicted octanol–water partition coefficient (Wildman–Crippen LogP) is 0.777. The van der Waals surface area contributed by atoms with E-state index >= 15 is 0 Å².